The van der Waals surface area contributed by atoms with E-state index in [1.807, 2.05) is 0 Å². The molecule has 0 aromatic carbocycles. The summed E-state index contributed by atoms with van der Waals surface area (Å²) in [7, 11) is 0. The van der Waals surface area contributed by atoms with Crippen LogP contribution in [0.1, 0.15) is 39.0 Å². The minimum atomic E-state index is 0. The summed E-state index contributed by atoms with van der Waals surface area (Å²) in [5, 5.41) is 3.60. The molecule has 0 radical (unpaired) electrons. The molecule has 11 heavy (non-hydrogen) atoms. The minimum Gasteiger partial charge on any atom is -0.313 e. The third-order valence-corrected chi connectivity index (χ3v) is 3.35. The molecule has 0 amide bonds. The molecule has 1 unspecified atom stereocenters. The standard InChI is InChI=1S/C9H17N.ClH/c1-2-8-6-9(7-10-8)4-3-5-9;/h8,10H,2-7H2,1H3;1H. The van der Waals surface area contributed by atoms with E-state index in [0.29, 0.717) is 0 Å². The molecule has 1 spiro atoms. The van der Waals surface area contributed by atoms with Crippen molar-refractivity contribution in [2.24, 2.45) is 5.41 Å². The summed E-state index contributed by atoms with van der Waals surface area (Å²) >= 11 is 0. The summed E-state index contributed by atoms with van der Waals surface area (Å²) in [6.45, 7) is 3.60. The van der Waals surface area contributed by atoms with E-state index < -0.39 is 0 Å². The highest BCUT2D eigenvalue weighted by molar-refractivity contribution is 5.85. The first-order chi connectivity index (χ1) is 4.85. The van der Waals surface area contributed by atoms with Crippen molar-refractivity contribution in [1.82, 2.24) is 5.32 Å². The summed E-state index contributed by atoms with van der Waals surface area (Å²) < 4.78 is 0. The molecule has 1 aliphatic heterocycles. The van der Waals surface area contributed by atoms with Crippen LogP contribution in [-0.4, -0.2) is 12.6 Å². The molecule has 1 saturated heterocycles. The Balaban J connectivity index is 0.000000605. The van der Waals surface area contributed by atoms with Gasteiger partial charge in [0.05, 0.1) is 0 Å². The van der Waals surface area contributed by atoms with E-state index in [4.69, 9.17) is 0 Å². The van der Waals surface area contributed by atoms with Crippen molar-refractivity contribution >= 4 is 12.4 Å². The first-order valence-corrected chi connectivity index (χ1v) is 4.58. The lowest BCUT2D eigenvalue weighted by Crippen LogP contribution is -2.31. The SMILES string of the molecule is CCC1CC2(CCC2)CN1.Cl. The van der Waals surface area contributed by atoms with Crippen molar-refractivity contribution in [3.63, 3.8) is 0 Å². The first-order valence-electron chi connectivity index (χ1n) is 4.58. The van der Waals surface area contributed by atoms with E-state index in [9.17, 15) is 0 Å². The van der Waals surface area contributed by atoms with Gasteiger partial charge in [-0.1, -0.05) is 13.3 Å². The van der Waals surface area contributed by atoms with Gasteiger partial charge in [0, 0.05) is 12.6 Å². The van der Waals surface area contributed by atoms with Crippen LogP contribution in [0.4, 0.5) is 0 Å². The molecule has 2 fully saturated rings. The number of hydrogen-bond acceptors (Lipinski definition) is 1. The average Bonchev–Trinajstić information content (AvgIpc) is 2.29. The van der Waals surface area contributed by atoms with Crippen molar-refractivity contribution in [2.75, 3.05) is 6.54 Å². The van der Waals surface area contributed by atoms with E-state index >= 15 is 0 Å². The van der Waals surface area contributed by atoms with E-state index in [0.717, 1.165) is 11.5 Å². The highest BCUT2D eigenvalue weighted by atomic mass is 35.5. The molecule has 2 rings (SSSR count). The van der Waals surface area contributed by atoms with Gasteiger partial charge in [-0.25, -0.2) is 0 Å². The number of nitrogens with one attached hydrogen (secondary N) is 1. The smallest absolute Gasteiger partial charge is 0.00704 e. The van der Waals surface area contributed by atoms with Crippen molar-refractivity contribution in [3.8, 4) is 0 Å². The Morgan fingerprint density at radius 1 is 1.45 bits per heavy atom. The molecule has 2 aliphatic rings. The van der Waals surface area contributed by atoms with Crippen molar-refractivity contribution in [3.05, 3.63) is 0 Å². The third-order valence-electron chi connectivity index (χ3n) is 3.35. The van der Waals surface area contributed by atoms with Gasteiger partial charge in [-0.3, -0.25) is 0 Å². The Hall–Kier alpha value is 0.250. The normalized spacial score (nSPS) is 33.0. The highest BCUT2D eigenvalue weighted by Crippen LogP contribution is 2.47. The van der Waals surface area contributed by atoms with Gasteiger partial charge in [-0.2, -0.15) is 0 Å². The van der Waals surface area contributed by atoms with E-state index in [2.05, 4.69) is 12.2 Å². The zero-order chi connectivity index (χ0) is 7.03. The lowest BCUT2D eigenvalue weighted by molar-refractivity contribution is 0.158. The molecule has 1 nitrogen and oxygen atoms in total. The van der Waals surface area contributed by atoms with Gasteiger partial charge in [-0.05, 0) is 31.1 Å². The molecule has 0 bridgehead atoms. The molecule has 1 heterocycles. The number of hydrogen-bond donors (Lipinski definition) is 1. The average molecular weight is 176 g/mol. The van der Waals surface area contributed by atoms with Crippen LogP contribution >= 0.6 is 12.4 Å². The molecule has 1 aliphatic carbocycles. The molecule has 1 atom stereocenters. The van der Waals surface area contributed by atoms with Crippen LogP contribution in [0.2, 0.25) is 0 Å². The fraction of sp³-hybridized carbons (Fsp3) is 1.00. The molecular weight excluding hydrogens is 158 g/mol. The Morgan fingerprint density at radius 2 is 2.18 bits per heavy atom. The maximum atomic E-state index is 3.60. The lowest BCUT2D eigenvalue weighted by Gasteiger charge is -2.37. The second-order valence-electron chi connectivity index (χ2n) is 4.04. The maximum absolute atomic E-state index is 3.60. The van der Waals surface area contributed by atoms with Crippen LogP contribution in [0.25, 0.3) is 0 Å². The quantitative estimate of drug-likeness (QED) is 0.645. The minimum absolute atomic E-state index is 0. The summed E-state index contributed by atoms with van der Waals surface area (Å²) in [5.41, 5.74) is 0.778. The zero-order valence-corrected chi connectivity index (χ0v) is 8.04. The van der Waals surface area contributed by atoms with Crippen molar-refractivity contribution < 1.29 is 0 Å². The van der Waals surface area contributed by atoms with Crippen LogP contribution in [0.15, 0.2) is 0 Å². The predicted octanol–water partition coefficient (Wildman–Crippen LogP) is 2.35. The van der Waals surface area contributed by atoms with Crippen LogP contribution < -0.4 is 5.32 Å². The molecule has 2 heteroatoms. The Kier molecular flexibility index (Phi) is 2.82. The van der Waals surface area contributed by atoms with E-state index in [1.54, 1.807) is 0 Å². The van der Waals surface area contributed by atoms with Gasteiger partial charge >= 0.3 is 0 Å². The highest BCUT2D eigenvalue weighted by Gasteiger charge is 2.42. The molecule has 1 saturated carbocycles. The van der Waals surface area contributed by atoms with Gasteiger partial charge in [0.15, 0.2) is 0 Å². The summed E-state index contributed by atoms with van der Waals surface area (Å²) in [6.07, 6.45) is 7.26. The Bertz CT molecular complexity index is 132. The van der Waals surface area contributed by atoms with Crippen LogP contribution in [0, 0.1) is 5.41 Å². The Morgan fingerprint density at radius 3 is 2.45 bits per heavy atom. The monoisotopic (exact) mass is 175 g/mol. The zero-order valence-electron chi connectivity index (χ0n) is 7.23. The number of rotatable bonds is 1. The molecular formula is C9H18ClN. The fourth-order valence-electron chi connectivity index (χ4n) is 2.37. The Labute approximate surface area is 75.4 Å². The van der Waals surface area contributed by atoms with Gasteiger partial charge in [0.2, 0.25) is 0 Å². The van der Waals surface area contributed by atoms with Gasteiger partial charge in [0.25, 0.3) is 0 Å². The topological polar surface area (TPSA) is 12.0 Å². The van der Waals surface area contributed by atoms with Gasteiger partial charge in [-0.15, -0.1) is 12.4 Å². The van der Waals surface area contributed by atoms with Crippen LogP contribution in [-0.2, 0) is 0 Å². The summed E-state index contributed by atoms with van der Waals surface area (Å²) in [5.74, 6) is 0. The molecule has 1 N–H and O–H groups in total. The largest absolute Gasteiger partial charge is 0.313 e. The lowest BCUT2D eigenvalue weighted by atomic mass is 9.67. The molecule has 0 aromatic heterocycles. The molecule has 66 valence electrons. The van der Waals surface area contributed by atoms with Crippen LogP contribution in [0.3, 0.4) is 0 Å². The summed E-state index contributed by atoms with van der Waals surface area (Å²) in [6, 6.07) is 0.847. The van der Waals surface area contributed by atoms with Crippen molar-refractivity contribution in [1.29, 1.82) is 0 Å². The second kappa shape index (κ2) is 3.32. The predicted molar refractivity (Wildman–Crippen MR) is 50.2 cm³/mol. The first kappa shape index (κ1) is 9.34. The van der Waals surface area contributed by atoms with E-state index in [-0.39, 0.29) is 12.4 Å². The summed E-state index contributed by atoms with van der Waals surface area (Å²) in [4.78, 5) is 0. The molecule has 0 aromatic rings. The number of halogens is 1. The second-order valence-corrected chi connectivity index (χ2v) is 4.04. The maximum Gasteiger partial charge on any atom is 0.00704 e. The van der Waals surface area contributed by atoms with Crippen LogP contribution in [0.5, 0.6) is 0 Å². The van der Waals surface area contributed by atoms with Gasteiger partial charge in [0.1, 0.15) is 0 Å². The fourth-order valence-corrected chi connectivity index (χ4v) is 2.37. The van der Waals surface area contributed by atoms with Crippen molar-refractivity contribution in [2.45, 2.75) is 45.1 Å². The van der Waals surface area contributed by atoms with Gasteiger partial charge < -0.3 is 5.32 Å². The third kappa shape index (κ3) is 1.54. The van der Waals surface area contributed by atoms with E-state index in [1.165, 1.54) is 38.6 Å².